The number of halogens is 3. The van der Waals surface area contributed by atoms with Crippen molar-refractivity contribution >= 4 is 51.5 Å². The molecule has 2 bridgehead atoms. The van der Waals surface area contributed by atoms with Gasteiger partial charge in [0.05, 0.1) is 28.4 Å². The van der Waals surface area contributed by atoms with Crippen LogP contribution < -0.4 is 14.8 Å². The molecule has 7 rings (SSSR count). The molecule has 8 nitrogen and oxygen atoms in total. The normalized spacial score (nSPS) is 22.5. The number of rotatable bonds is 8. The number of nitrogens with one attached hydrogen (secondary N) is 1. The number of likely N-dealkylation sites (tertiary alicyclic amines) is 1. The van der Waals surface area contributed by atoms with Crippen molar-refractivity contribution in [1.82, 2.24) is 19.8 Å². The van der Waals surface area contributed by atoms with E-state index in [-0.39, 0.29) is 39.6 Å². The number of hydrogen-bond donors (Lipinski definition) is 1. The maximum atomic E-state index is 14.7. The van der Waals surface area contributed by atoms with Crippen molar-refractivity contribution in [2.45, 2.75) is 31.8 Å². The Bertz CT molecular complexity index is 1470. The van der Waals surface area contributed by atoms with Crippen molar-refractivity contribution < 1.29 is 18.7 Å². The number of ether oxygens (including phenoxy) is 2. The topological polar surface area (TPSA) is 79.8 Å². The molecule has 4 fully saturated rings. The number of fused-ring (bicyclic) bond motifs is 3. The zero-order valence-electron chi connectivity index (χ0n) is 22.8. The van der Waals surface area contributed by atoms with Gasteiger partial charge in [-0.2, -0.15) is 0 Å². The lowest BCUT2D eigenvalue weighted by Gasteiger charge is -2.52. The number of benzene rings is 2. The predicted molar refractivity (Wildman–Crippen MR) is 158 cm³/mol. The first-order valence-electron chi connectivity index (χ1n) is 14.0. The van der Waals surface area contributed by atoms with Gasteiger partial charge < -0.3 is 19.7 Å². The van der Waals surface area contributed by atoms with E-state index in [1.165, 1.54) is 37.7 Å². The summed E-state index contributed by atoms with van der Waals surface area (Å²) in [5, 5.41) is 3.60. The molecule has 1 N–H and O–H groups in total. The van der Waals surface area contributed by atoms with Crippen molar-refractivity contribution in [2.24, 2.45) is 11.8 Å². The van der Waals surface area contributed by atoms with E-state index in [1.54, 1.807) is 19.3 Å². The highest BCUT2D eigenvalue weighted by atomic mass is 35.5. The van der Waals surface area contributed by atoms with E-state index in [0.717, 1.165) is 26.1 Å². The van der Waals surface area contributed by atoms with Crippen LogP contribution in [-0.4, -0.2) is 71.6 Å². The molecule has 1 aromatic heterocycles. The third-order valence-corrected chi connectivity index (χ3v) is 9.08. The summed E-state index contributed by atoms with van der Waals surface area (Å²) in [7, 11) is 1.58. The summed E-state index contributed by atoms with van der Waals surface area (Å²) in [6.07, 6.45) is 9.89. The van der Waals surface area contributed by atoms with Crippen LogP contribution in [0, 0.1) is 17.7 Å². The van der Waals surface area contributed by atoms with Gasteiger partial charge in [-0.15, -0.1) is 0 Å². The largest absolute Gasteiger partial charge is 0.493 e. The second-order valence-corrected chi connectivity index (χ2v) is 11.7. The van der Waals surface area contributed by atoms with Crippen LogP contribution in [0.1, 0.15) is 25.7 Å². The van der Waals surface area contributed by atoms with Crippen LogP contribution in [0.2, 0.25) is 10.0 Å². The maximum Gasteiger partial charge on any atom is 0.246 e. The summed E-state index contributed by atoms with van der Waals surface area (Å²) in [4.78, 5) is 25.9. The van der Waals surface area contributed by atoms with Crippen molar-refractivity contribution in [3.05, 3.63) is 58.6 Å². The smallest absolute Gasteiger partial charge is 0.246 e. The van der Waals surface area contributed by atoms with Crippen LogP contribution in [-0.2, 0) is 4.79 Å². The highest BCUT2D eigenvalue weighted by Crippen LogP contribution is 2.45. The Labute approximate surface area is 248 Å². The van der Waals surface area contributed by atoms with Crippen LogP contribution in [0.15, 0.2) is 42.7 Å². The zero-order chi connectivity index (χ0) is 28.5. The number of anilines is 2. The van der Waals surface area contributed by atoms with E-state index in [4.69, 9.17) is 32.7 Å². The van der Waals surface area contributed by atoms with Gasteiger partial charge in [0.1, 0.15) is 18.2 Å². The number of hydrogen-bond acceptors (Lipinski definition) is 7. The van der Waals surface area contributed by atoms with Gasteiger partial charge in [0.25, 0.3) is 0 Å². The minimum absolute atomic E-state index is 0.0312. The Hall–Kier alpha value is -3.14. The third-order valence-electron chi connectivity index (χ3n) is 8.30. The second kappa shape index (κ2) is 12.0. The molecule has 41 heavy (non-hydrogen) atoms. The summed E-state index contributed by atoms with van der Waals surface area (Å²) in [6, 6.07) is 6.61. The molecule has 3 aliphatic heterocycles. The van der Waals surface area contributed by atoms with Gasteiger partial charge in [0.2, 0.25) is 5.91 Å². The molecule has 1 saturated carbocycles. The molecule has 11 heteroatoms. The first kappa shape index (κ1) is 28.0. The average molecular weight is 601 g/mol. The van der Waals surface area contributed by atoms with E-state index in [2.05, 4.69) is 20.2 Å². The number of carbonyl (C=O) groups excluding carboxylic acids is 1. The van der Waals surface area contributed by atoms with Crippen molar-refractivity contribution in [2.75, 3.05) is 45.2 Å². The highest BCUT2D eigenvalue weighted by Gasteiger charge is 2.49. The fourth-order valence-corrected chi connectivity index (χ4v) is 6.39. The standard InChI is InChI=1S/C30H32Cl2FN5O3/c1-40-24-14-23-20(30(35-17-34-23)36-22-8-7-21(31)27(32)28(22)33)13-25(24)41-29-18-12-19(29)16-38(15-18)26(39)6-5-11-37-9-3-2-4-10-37/h5-8,13-14,17-19,29H,2-4,9-12,15-16H2,1H3,(H,34,35,36)/b6-5+. The summed E-state index contributed by atoms with van der Waals surface area (Å²) in [6.45, 7) is 4.38. The number of amides is 1. The summed E-state index contributed by atoms with van der Waals surface area (Å²) >= 11 is 11.9. The van der Waals surface area contributed by atoms with E-state index in [1.807, 2.05) is 17.0 Å². The zero-order valence-corrected chi connectivity index (χ0v) is 24.3. The lowest BCUT2D eigenvalue weighted by atomic mass is 9.68. The molecular formula is C30H32Cl2FN5O3. The van der Waals surface area contributed by atoms with Crippen LogP contribution in [0.25, 0.3) is 10.9 Å². The molecule has 0 spiro atoms. The fraction of sp³-hybridized carbons (Fsp3) is 0.433. The van der Waals surface area contributed by atoms with Crippen molar-refractivity contribution in [3.8, 4) is 11.5 Å². The Morgan fingerprint density at radius 1 is 1.12 bits per heavy atom. The minimum Gasteiger partial charge on any atom is -0.493 e. The monoisotopic (exact) mass is 599 g/mol. The molecular weight excluding hydrogens is 568 g/mol. The molecule has 2 unspecified atom stereocenters. The summed E-state index contributed by atoms with van der Waals surface area (Å²) < 4.78 is 26.9. The average Bonchev–Trinajstić information content (AvgIpc) is 3.00. The van der Waals surface area contributed by atoms with Crippen LogP contribution in [0.5, 0.6) is 11.5 Å². The second-order valence-electron chi connectivity index (χ2n) is 10.9. The Balaban J connectivity index is 1.15. The van der Waals surface area contributed by atoms with Gasteiger partial charge in [-0.25, -0.2) is 14.4 Å². The number of nitrogens with zero attached hydrogens (tertiary/aromatic N) is 4. The van der Waals surface area contributed by atoms with Crippen LogP contribution >= 0.6 is 23.2 Å². The Morgan fingerprint density at radius 3 is 2.66 bits per heavy atom. The van der Waals surface area contributed by atoms with Gasteiger partial charge in [-0.1, -0.05) is 35.7 Å². The quantitative estimate of drug-likeness (QED) is 0.248. The molecule has 3 aromatic rings. The molecule has 216 valence electrons. The maximum absolute atomic E-state index is 14.7. The first-order valence-corrected chi connectivity index (χ1v) is 14.7. The van der Waals surface area contributed by atoms with Gasteiger partial charge in [-0.3, -0.25) is 9.69 Å². The number of aromatic nitrogens is 2. The number of methoxy groups -OCH3 is 1. The predicted octanol–water partition coefficient (Wildman–Crippen LogP) is 6.10. The van der Waals surface area contributed by atoms with Crippen LogP contribution in [0.3, 0.4) is 0 Å². The highest BCUT2D eigenvalue weighted by molar-refractivity contribution is 6.42. The fourth-order valence-electron chi connectivity index (χ4n) is 6.08. The lowest BCUT2D eigenvalue weighted by Crippen LogP contribution is -2.61. The molecule has 4 heterocycles. The number of carbonyl (C=O) groups is 1. The molecule has 1 aliphatic carbocycles. The number of piperidine rings is 3. The molecule has 0 radical (unpaired) electrons. The van der Waals surface area contributed by atoms with Gasteiger partial charge >= 0.3 is 0 Å². The first-order chi connectivity index (χ1) is 19.9. The summed E-state index contributed by atoms with van der Waals surface area (Å²) in [5.41, 5.74) is 0.745. The SMILES string of the molecule is COc1cc2ncnc(Nc3ccc(Cl)c(Cl)c3F)c2cc1OC1C2CC1CN(C(=O)/C=C/CN1CCCCC1)C2. The lowest BCUT2D eigenvalue weighted by molar-refractivity contribution is -0.142. The van der Waals surface area contributed by atoms with E-state index < -0.39 is 5.82 Å². The van der Waals surface area contributed by atoms with E-state index >= 15 is 0 Å². The Kier molecular flexibility index (Phi) is 8.19. The minimum atomic E-state index is -0.668. The molecule has 2 aromatic carbocycles. The van der Waals surface area contributed by atoms with Gasteiger partial charge in [0, 0.05) is 49.0 Å². The molecule has 4 aliphatic rings. The van der Waals surface area contributed by atoms with Gasteiger partial charge in [-0.05, 0) is 50.6 Å². The van der Waals surface area contributed by atoms with Crippen molar-refractivity contribution in [3.63, 3.8) is 0 Å². The van der Waals surface area contributed by atoms with Gasteiger partial charge in [0.15, 0.2) is 17.3 Å². The summed E-state index contributed by atoms with van der Waals surface area (Å²) in [5.74, 6) is 1.36. The van der Waals surface area contributed by atoms with Crippen molar-refractivity contribution in [1.29, 1.82) is 0 Å². The molecule has 1 amide bonds. The Morgan fingerprint density at radius 2 is 1.90 bits per heavy atom. The molecule has 3 saturated heterocycles. The van der Waals surface area contributed by atoms with E-state index in [0.29, 0.717) is 41.3 Å². The van der Waals surface area contributed by atoms with E-state index in [9.17, 15) is 9.18 Å². The van der Waals surface area contributed by atoms with Crippen LogP contribution in [0.4, 0.5) is 15.9 Å². The third kappa shape index (κ3) is 5.80. The molecule has 2 atom stereocenters.